The van der Waals surface area contributed by atoms with Gasteiger partial charge >= 0.3 is 0 Å². The fraction of sp³-hybridized carbons (Fsp3) is 0.389. The highest BCUT2D eigenvalue weighted by Gasteiger charge is 2.31. The van der Waals surface area contributed by atoms with Crippen LogP contribution in [0.4, 0.5) is 0 Å². The summed E-state index contributed by atoms with van der Waals surface area (Å²) in [6, 6.07) is 14.7. The molecule has 2 aromatic rings. The van der Waals surface area contributed by atoms with Crippen LogP contribution in [-0.2, 0) is 11.3 Å². The second-order valence-electron chi connectivity index (χ2n) is 6.12. The largest absolute Gasteiger partial charge is 0.341 e. The molecule has 2 aromatic carbocycles. The first kappa shape index (κ1) is 14.1. The highest BCUT2D eigenvalue weighted by Crippen LogP contribution is 2.20. The first-order chi connectivity index (χ1) is 10.1. The summed E-state index contributed by atoms with van der Waals surface area (Å²) in [6.07, 6.45) is 0. The van der Waals surface area contributed by atoms with E-state index in [4.69, 9.17) is 0 Å². The van der Waals surface area contributed by atoms with Crippen molar-refractivity contribution < 1.29 is 4.79 Å². The summed E-state index contributed by atoms with van der Waals surface area (Å²) in [5.41, 5.74) is 1.18. The number of rotatable bonds is 3. The number of fused-ring (bicyclic) bond motifs is 1. The SMILES string of the molecule is C[C@@H]1CNC[C@H]1C(=O)N(C)Cc1ccc2ccccc2c1. The molecule has 0 saturated carbocycles. The third kappa shape index (κ3) is 2.93. The summed E-state index contributed by atoms with van der Waals surface area (Å²) in [6.45, 7) is 4.57. The lowest BCUT2D eigenvalue weighted by molar-refractivity contribution is -0.135. The first-order valence-corrected chi connectivity index (χ1v) is 7.58. The smallest absolute Gasteiger partial charge is 0.227 e. The van der Waals surface area contributed by atoms with Crippen molar-refractivity contribution in [2.24, 2.45) is 11.8 Å². The molecule has 0 aliphatic carbocycles. The number of nitrogens with zero attached hydrogens (tertiary/aromatic N) is 1. The number of benzene rings is 2. The summed E-state index contributed by atoms with van der Waals surface area (Å²) in [4.78, 5) is 14.4. The second kappa shape index (κ2) is 5.86. The van der Waals surface area contributed by atoms with Crippen molar-refractivity contribution in [3.63, 3.8) is 0 Å². The molecule has 1 N–H and O–H groups in total. The molecule has 3 heteroatoms. The van der Waals surface area contributed by atoms with E-state index in [0.717, 1.165) is 13.1 Å². The Balaban J connectivity index is 1.73. The van der Waals surface area contributed by atoms with Crippen LogP contribution >= 0.6 is 0 Å². The van der Waals surface area contributed by atoms with Gasteiger partial charge in [-0.2, -0.15) is 0 Å². The number of amides is 1. The fourth-order valence-electron chi connectivity index (χ4n) is 3.11. The maximum atomic E-state index is 12.5. The molecule has 2 atom stereocenters. The molecule has 1 heterocycles. The van der Waals surface area contributed by atoms with Gasteiger partial charge in [0.05, 0.1) is 5.92 Å². The van der Waals surface area contributed by atoms with E-state index in [1.165, 1.54) is 16.3 Å². The number of nitrogens with one attached hydrogen (secondary N) is 1. The van der Waals surface area contributed by atoms with E-state index in [-0.39, 0.29) is 11.8 Å². The van der Waals surface area contributed by atoms with Crippen LogP contribution in [0.3, 0.4) is 0 Å². The summed E-state index contributed by atoms with van der Waals surface area (Å²) in [7, 11) is 1.91. The van der Waals surface area contributed by atoms with Gasteiger partial charge in [-0.3, -0.25) is 4.79 Å². The molecule has 1 aliphatic rings. The third-order valence-corrected chi connectivity index (χ3v) is 4.44. The summed E-state index contributed by atoms with van der Waals surface area (Å²) in [5, 5.41) is 5.77. The lowest BCUT2D eigenvalue weighted by Gasteiger charge is -2.23. The van der Waals surface area contributed by atoms with E-state index in [0.29, 0.717) is 12.5 Å². The molecule has 0 bridgehead atoms. The van der Waals surface area contributed by atoms with Crippen LogP contribution < -0.4 is 5.32 Å². The molecule has 3 rings (SSSR count). The summed E-state index contributed by atoms with van der Waals surface area (Å²) >= 11 is 0. The van der Waals surface area contributed by atoms with Gasteiger partial charge in [-0.05, 0) is 34.9 Å². The van der Waals surface area contributed by atoms with Crippen molar-refractivity contribution in [3.8, 4) is 0 Å². The van der Waals surface area contributed by atoms with Gasteiger partial charge in [-0.1, -0.05) is 43.3 Å². The van der Waals surface area contributed by atoms with Gasteiger partial charge in [-0.25, -0.2) is 0 Å². The second-order valence-corrected chi connectivity index (χ2v) is 6.12. The Bertz CT molecular complexity index is 652. The minimum atomic E-state index is 0.121. The molecule has 0 radical (unpaired) electrons. The number of carbonyl (C=O) groups is 1. The molecule has 0 spiro atoms. The van der Waals surface area contributed by atoms with E-state index in [1.807, 2.05) is 24.1 Å². The molecule has 1 amide bonds. The number of hydrogen-bond acceptors (Lipinski definition) is 2. The lowest BCUT2D eigenvalue weighted by Crippen LogP contribution is -2.35. The Kier molecular flexibility index (Phi) is 3.93. The molecule has 3 nitrogen and oxygen atoms in total. The van der Waals surface area contributed by atoms with Crippen molar-refractivity contribution in [1.82, 2.24) is 10.2 Å². The van der Waals surface area contributed by atoms with Gasteiger partial charge in [0.2, 0.25) is 5.91 Å². The van der Waals surface area contributed by atoms with Crippen LogP contribution in [0.2, 0.25) is 0 Å². The molecule has 1 fully saturated rings. The average molecular weight is 282 g/mol. The highest BCUT2D eigenvalue weighted by molar-refractivity contribution is 5.83. The van der Waals surface area contributed by atoms with E-state index in [2.05, 4.69) is 42.6 Å². The van der Waals surface area contributed by atoms with E-state index >= 15 is 0 Å². The normalized spacial score (nSPS) is 21.6. The van der Waals surface area contributed by atoms with Crippen LogP contribution in [0, 0.1) is 11.8 Å². The molecule has 1 saturated heterocycles. The van der Waals surface area contributed by atoms with Crippen molar-refractivity contribution >= 4 is 16.7 Å². The lowest BCUT2D eigenvalue weighted by atomic mass is 9.96. The molecule has 1 aliphatic heterocycles. The van der Waals surface area contributed by atoms with Gasteiger partial charge in [0.1, 0.15) is 0 Å². The zero-order valence-electron chi connectivity index (χ0n) is 12.7. The standard InChI is InChI=1S/C18H22N2O/c1-13-10-19-11-17(13)18(21)20(2)12-14-7-8-15-5-3-4-6-16(15)9-14/h3-9,13,17,19H,10-12H2,1-2H3/t13-,17-/m1/s1. The molecule has 0 aromatic heterocycles. The average Bonchev–Trinajstić information content (AvgIpc) is 2.92. The van der Waals surface area contributed by atoms with Crippen LogP contribution in [0.5, 0.6) is 0 Å². The Morgan fingerprint density at radius 1 is 1.19 bits per heavy atom. The van der Waals surface area contributed by atoms with Crippen molar-refractivity contribution in [3.05, 3.63) is 48.0 Å². The van der Waals surface area contributed by atoms with E-state index in [9.17, 15) is 4.79 Å². The van der Waals surface area contributed by atoms with Gasteiger partial charge < -0.3 is 10.2 Å². The van der Waals surface area contributed by atoms with Crippen LogP contribution in [-0.4, -0.2) is 30.9 Å². The predicted molar refractivity (Wildman–Crippen MR) is 85.9 cm³/mol. The third-order valence-electron chi connectivity index (χ3n) is 4.44. The Hall–Kier alpha value is -1.87. The van der Waals surface area contributed by atoms with Crippen molar-refractivity contribution in [2.45, 2.75) is 13.5 Å². The van der Waals surface area contributed by atoms with E-state index < -0.39 is 0 Å². The number of carbonyl (C=O) groups excluding carboxylic acids is 1. The Labute approximate surface area is 125 Å². The minimum Gasteiger partial charge on any atom is -0.341 e. The van der Waals surface area contributed by atoms with Crippen LogP contribution in [0.15, 0.2) is 42.5 Å². The fourth-order valence-corrected chi connectivity index (χ4v) is 3.11. The molecule has 110 valence electrons. The maximum absolute atomic E-state index is 12.5. The molecular formula is C18H22N2O. The highest BCUT2D eigenvalue weighted by atomic mass is 16.2. The molecule has 0 unspecified atom stereocenters. The Morgan fingerprint density at radius 2 is 1.95 bits per heavy atom. The van der Waals surface area contributed by atoms with Crippen LogP contribution in [0.1, 0.15) is 12.5 Å². The van der Waals surface area contributed by atoms with Gasteiger partial charge in [-0.15, -0.1) is 0 Å². The molecular weight excluding hydrogens is 260 g/mol. The van der Waals surface area contributed by atoms with Crippen molar-refractivity contribution in [1.29, 1.82) is 0 Å². The topological polar surface area (TPSA) is 32.3 Å². The maximum Gasteiger partial charge on any atom is 0.227 e. The van der Waals surface area contributed by atoms with Gasteiger partial charge in [0.25, 0.3) is 0 Å². The van der Waals surface area contributed by atoms with Gasteiger partial charge in [0, 0.05) is 20.1 Å². The zero-order chi connectivity index (χ0) is 14.8. The first-order valence-electron chi connectivity index (χ1n) is 7.58. The molecule has 21 heavy (non-hydrogen) atoms. The van der Waals surface area contributed by atoms with E-state index in [1.54, 1.807) is 0 Å². The number of hydrogen-bond donors (Lipinski definition) is 1. The minimum absolute atomic E-state index is 0.121. The van der Waals surface area contributed by atoms with Crippen molar-refractivity contribution in [2.75, 3.05) is 20.1 Å². The van der Waals surface area contributed by atoms with Crippen LogP contribution in [0.25, 0.3) is 10.8 Å². The quantitative estimate of drug-likeness (QED) is 0.938. The predicted octanol–water partition coefficient (Wildman–Crippen LogP) is 2.65. The summed E-state index contributed by atoms with van der Waals surface area (Å²) < 4.78 is 0. The summed E-state index contributed by atoms with van der Waals surface area (Å²) in [5.74, 6) is 0.799. The zero-order valence-corrected chi connectivity index (χ0v) is 12.7. The Morgan fingerprint density at radius 3 is 2.67 bits per heavy atom. The monoisotopic (exact) mass is 282 g/mol. The van der Waals surface area contributed by atoms with Gasteiger partial charge in [0.15, 0.2) is 0 Å².